The summed E-state index contributed by atoms with van der Waals surface area (Å²) in [6.45, 7) is 3.49. The van der Waals surface area contributed by atoms with Crippen molar-refractivity contribution in [2.75, 3.05) is 31.3 Å². The Bertz CT molecular complexity index is 427. The van der Waals surface area contributed by atoms with Gasteiger partial charge in [-0.15, -0.1) is 0 Å². The Morgan fingerprint density at radius 2 is 2.50 bits per heavy atom. The number of rotatable bonds is 4. The van der Waals surface area contributed by atoms with Gasteiger partial charge in [-0.2, -0.15) is 0 Å². The summed E-state index contributed by atoms with van der Waals surface area (Å²) < 4.78 is 10.5. The fraction of sp³-hybridized carbons (Fsp3) is 0.545. The van der Waals surface area contributed by atoms with Crippen molar-refractivity contribution < 1.29 is 19.4 Å². The third-order valence-corrected chi connectivity index (χ3v) is 2.63. The molecule has 0 amide bonds. The zero-order valence-corrected chi connectivity index (χ0v) is 10.1. The van der Waals surface area contributed by atoms with Crippen LogP contribution in [-0.2, 0) is 9.53 Å². The van der Waals surface area contributed by atoms with Gasteiger partial charge in [-0.05, 0) is 6.92 Å². The van der Waals surface area contributed by atoms with Gasteiger partial charge in [0.15, 0.2) is 6.04 Å². The quantitative estimate of drug-likeness (QED) is 0.818. The van der Waals surface area contributed by atoms with Gasteiger partial charge in [0.05, 0.1) is 19.8 Å². The molecule has 0 radical (unpaired) electrons. The van der Waals surface area contributed by atoms with E-state index < -0.39 is 12.0 Å². The van der Waals surface area contributed by atoms with Crippen LogP contribution >= 0.6 is 0 Å². The van der Waals surface area contributed by atoms with Gasteiger partial charge < -0.3 is 19.5 Å². The molecule has 1 aliphatic rings. The number of carboxylic acid groups (broad SMARTS) is 1. The first-order valence-corrected chi connectivity index (χ1v) is 5.74. The molecule has 0 saturated carbocycles. The van der Waals surface area contributed by atoms with E-state index in [1.807, 2.05) is 6.92 Å². The van der Waals surface area contributed by atoms with E-state index in [1.165, 1.54) is 6.33 Å². The molecule has 7 heteroatoms. The second-order valence-electron chi connectivity index (χ2n) is 3.77. The van der Waals surface area contributed by atoms with Crippen LogP contribution in [0.5, 0.6) is 5.88 Å². The molecular formula is C11H15N3O4. The van der Waals surface area contributed by atoms with Gasteiger partial charge in [0.2, 0.25) is 5.88 Å². The first kappa shape index (κ1) is 12.6. The molecule has 18 heavy (non-hydrogen) atoms. The van der Waals surface area contributed by atoms with E-state index >= 15 is 0 Å². The van der Waals surface area contributed by atoms with Crippen LogP contribution in [0.2, 0.25) is 0 Å². The number of carboxylic acids is 1. The fourth-order valence-electron chi connectivity index (χ4n) is 1.80. The van der Waals surface area contributed by atoms with E-state index in [4.69, 9.17) is 14.6 Å². The average molecular weight is 253 g/mol. The van der Waals surface area contributed by atoms with Gasteiger partial charge in [0, 0.05) is 12.6 Å². The van der Waals surface area contributed by atoms with E-state index in [0.29, 0.717) is 31.5 Å². The summed E-state index contributed by atoms with van der Waals surface area (Å²) in [4.78, 5) is 20.9. The Morgan fingerprint density at radius 1 is 1.67 bits per heavy atom. The normalized spacial score (nSPS) is 19.6. The largest absolute Gasteiger partial charge is 0.480 e. The fourth-order valence-corrected chi connectivity index (χ4v) is 1.80. The number of ether oxygens (including phenoxy) is 2. The van der Waals surface area contributed by atoms with E-state index in [2.05, 4.69) is 9.97 Å². The highest BCUT2D eigenvalue weighted by atomic mass is 16.5. The highest BCUT2D eigenvalue weighted by Crippen LogP contribution is 2.20. The predicted molar refractivity (Wildman–Crippen MR) is 62.8 cm³/mol. The molecule has 1 aromatic heterocycles. The van der Waals surface area contributed by atoms with Crippen LogP contribution < -0.4 is 9.64 Å². The number of morpholine rings is 1. The van der Waals surface area contributed by atoms with Gasteiger partial charge >= 0.3 is 5.97 Å². The lowest BCUT2D eigenvalue weighted by atomic mass is 10.2. The Labute approximate surface area is 104 Å². The minimum absolute atomic E-state index is 0.156. The molecule has 0 aromatic carbocycles. The number of aromatic nitrogens is 2. The monoisotopic (exact) mass is 253 g/mol. The van der Waals surface area contributed by atoms with E-state index in [0.717, 1.165) is 0 Å². The molecule has 1 atom stereocenters. The SMILES string of the molecule is CCOc1cc(N2CCOCC2C(=O)O)ncn1. The average Bonchev–Trinajstić information content (AvgIpc) is 2.39. The van der Waals surface area contributed by atoms with Crippen LogP contribution in [0, 0.1) is 0 Å². The maximum Gasteiger partial charge on any atom is 0.328 e. The van der Waals surface area contributed by atoms with Crippen molar-refractivity contribution in [3.63, 3.8) is 0 Å². The summed E-state index contributed by atoms with van der Waals surface area (Å²) in [7, 11) is 0. The van der Waals surface area contributed by atoms with E-state index in [1.54, 1.807) is 11.0 Å². The summed E-state index contributed by atoms with van der Waals surface area (Å²) in [5.41, 5.74) is 0. The molecule has 0 aliphatic carbocycles. The number of hydrogen-bond acceptors (Lipinski definition) is 6. The predicted octanol–water partition coefficient (Wildman–Crippen LogP) is 0.165. The molecule has 0 bridgehead atoms. The van der Waals surface area contributed by atoms with Crippen LogP contribution in [0.1, 0.15) is 6.92 Å². The highest BCUT2D eigenvalue weighted by Gasteiger charge is 2.30. The van der Waals surface area contributed by atoms with Crippen molar-refractivity contribution in [2.45, 2.75) is 13.0 Å². The van der Waals surface area contributed by atoms with Crippen LogP contribution in [-0.4, -0.2) is 53.5 Å². The summed E-state index contributed by atoms with van der Waals surface area (Å²) in [5, 5.41) is 9.15. The molecule has 7 nitrogen and oxygen atoms in total. The molecule has 98 valence electrons. The number of anilines is 1. The highest BCUT2D eigenvalue weighted by molar-refractivity contribution is 5.78. The lowest BCUT2D eigenvalue weighted by Crippen LogP contribution is -2.50. The van der Waals surface area contributed by atoms with Gasteiger partial charge in [-0.3, -0.25) is 0 Å². The summed E-state index contributed by atoms with van der Waals surface area (Å²) >= 11 is 0. The van der Waals surface area contributed by atoms with E-state index in [9.17, 15) is 4.79 Å². The zero-order chi connectivity index (χ0) is 13.0. The summed E-state index contributed by atoms with van der Waals surface area (Å²) in [6, 6.07) is 0.924. The minimum Gasteiger partial charge on any atom is -0.480 e. The smallest absolute Gasteiger partial charge is 0.328 e. The topological polar surface area (TPSA) is 84.8 Å². The van der Waals surface area contributed by atoms with Crippen LogP contribution in [0.15, 0.2) is 12.4 Å². The molecule has 1 fully saturated rings. The third-order valence-electron chi connectivity index (χ3n) is 2.63. The van der Waals surface area contributed by atoms with Crippen molar-refractivity contribution >= 4 is 11.8 Å². The van der Waals surface area contributed by atoms with Crippen LogP contribution in [0.25, 0.3) is 0 Å². The standard InChI is InChI=1S/C11H15N3O4/c1-2-18-10-5-9(12-7-13-10)14-3-4-17-6-8(14)11(15)16/h5,7-8H,2-4,6H2,1H3,(H,15,16). The Hall–Kier alpha value is -1.89. The molecule has 1 aliphatic heterocycles. The third kappa shape index (κ3) is 2.67. The maximum absolute atomic E-state index is 11.2. The number of aliphatic carboxylic acids is 1. The molecule has 2 heterocycles. The van der Waals surface area contributed by atoms with Gasteiger partial charge in [-0.1, -0.05) is 0 Å². The number of carbonyl (C=O) groups is 1. The van der Waals surface area contributed by atoms with Gasteiger partial charge in [0.1, 0.15) is 12.1 Å². The second-order valence-corrected chi connectivity index (χ2v) is 3.77. The van der Waals surface area contributed by atoms with Crippen molar-refractivity contribution in [1.29, 1.82) is 0 Å². The lowest BCUT2D eigenvalue weighted by molar-refractivity contribution is -0.141. The molecule has 1 aromatic rings. The van der Waals surface area contributed by atoms with E-state index in [-0.39, 0.29) is 6.61 Å². The second kappa shape index (κ2) is 5.63. The van der Waals surface area contributed by atoms with Crippen molar-refractivity contribution in [2.24, 2.45) is 0 Å². The molecule has 1 N–H and O–H groups in total. The summed E-state index contributed by atoms with van der Waals surface area (Å²) in [5.74, 6) is 0.0635. The van der Waals surface area contributed by atoms with Crippen molar-refractivity contribution in [1.82, 2.24) is 9.97 Å². The number of hydrogen-bond donors (Lipinski definition) is 1. The van der Waals surface area contributed by atoms with Gasteiger partial charge in [-0.25, -0.2) is 14.8 Å². The zero-order valence-electron chi connectivity index (χ0n) is 10.1. The van der Waals surface area contributed by atoms with Crippen LogP contribution in [0.3, 0.4) is 0 Å². The summed E-state index contributed by atoms with van der Waals surface area (Å²) in [6.07, 6.45) is 1.37. The van der Waals surface area contributed by atoms with Gasteiger partial charge in [0.25, 0.3) is 0 Å². The molecule has 2 rings (SSSR count). The lowest BCUT2D eigenvalue weighted by Gasteiger charge is -2.33. The molecule has 0 spiro atoms. The first-order valence-electron chi connectivity index (χ1n) is 5.74. The van der Waals surface area contributed by atoms with Crippen LogP contribution in [0.4, 0.5) is 5.82 Å². The molecule has 1 unspecified atom stereocenters. The Balaban J connectivity index is 2.22. The maximum atomic E-state index is 11.2. The number of nitrogens with zero attached hydrogens (tertiary/aromatic N) is 3. The first-order chi connectivity index (χ1) is 8.72. The molecule has 1 saturated heterocycles. The molecular weight excluding hydrogens is 238 g/mol. The van der Waals surface area contributed by atoms with Crippen molar-refractivity contribution in [3.05, 3.63) is 12.4 Å². The Morgan fingerprint density at radius 3 is 3.22 bits per heavy atom. The van der Waals surface area contributed by atoms with Crippen molar-refractivity contribution in [3.8, 4) is 5.88 Å². The minimum atomic E-state index is -0.925. The Kier molecular flexibility index (Phi) is 3.93.